The first-order valence-corrected chi connectivity index (χ1v) is 5.61. The Morgan fingerprint density at radius 1 is 1.53 bits per heavy atom. The number of hydrogen-bond donors (Lipinski definition) is 2. The van der Waals surface area contributed by atoms with Crippen LogP contribution >= 0.6 is 12.2 Å². The Balaban J connectivity index is 2.42. The van der Waals surface area contributed by atoms with E-state index in [1.165, 1.54) is 0 Å². The van der Waals surface area contributed by atoms with Gasteiger partial charge < -0.3 is 16.0 Å². The van der Waals surface area contributed by atoms with Crippen LogP contribution in [0.5, 0.6) is 0 Å². The molecule has 0 saturated carbocycles. The highest BCUT2D eigenvalue weighted by Crippen LogP contribution is 2.06. The summed E-state index contributed by atoms with van der Waals surface area (Å²) in [6.45, 7) is 0.575. The normalized spacial score (nSPS) is 9.76. The van der Waals surface area contributed by atoms with Gasteiger partial charge in [-0.3, -0.25) is 9.78 Å². The molecule has 0 fully saturated rings. The van der Waals surface area contributed by atoms with E-state index < -0.39 is 0 Å². The molecule has 0 saturated heterocycles. The highest BCUT2D eigenvalue weighted by Gasteiger charge is 2.03. The monoisotopic (exact) mass is 252 g/mol. The summed E-state index contributed by atoms with van der Waals surface area (Å²) in [5.74, 6) is 0.0882. The van der Waals surface area contributed by atoms with Gasteiger partial charge in [-0.2, -0.15) is 0 Å². The summed E-state index contributed by atoms with van der Waals surface area (Å²) < 4.78 is 0. The molecule has 0 aliphatic heterocycles. The van der Waals surface area contributed by atoms with E-state index in [0.717, 1.165) is 5.69 Å². The molecule has 0 aliphatic carbocycles. The summed E-state index contributed by atoms with van der Waals surface area (Å²) in [7, 11) is 3.47. The van der Waals surface area contributed by atoms with Crippen LogP contribution in [0.3, 0.4) is 0 Å². The number of nitrogens with two attached hydrogens (primary N) is 1. The van der Waals surface area contributed by atoms with E-state index in [9.17, 15) is 4.79 Å². The van der Waals surface area contributed by atoms with Crippen molar-refractivity contribution in [2.45, 2.75) is 6.42 Å². The molecule has 1 amide bonds. The van der Waals surface area contributed by atoms with Crippen LogP contribution in [0.15, 0.2) is 18.3 Å². The first kappa shape index (κ1) is 13.4. The lowest BCUT2D eigenvalue weighted by Gasteiger charge is -2.11. The van der Waals surface area contributed by atoms with Gasteiger partial charge in [0.15, 0.2) is 0 Å². The molecule has 92 valence electrons. The molecule has 0 bridgehead atoms. The van der Waals surface area contributed by atoms with Crippen molar-refractivity contribution in [2.75, 3.05) is 26.0 Å². The van der Waals surface area contributed by atoms with Crippen LogP contribution in [0.25, 0.3) is 0 Å². The maximum absolute atomic E-state index is 11.3. The SMILES string of the molecule is CN(C)C(=O)CCNc1ccc(C(N)=S)nc1. The van der Waals surface area contributed by atoms with Crippen LogP contribution in [0.1, 0.15) is 12.1 Å². The fourth-order valence-corrected chi connectivity index (χ4v) is 1.30. The van der Waals surface area contributed by atoms with Gasteiger partial charge in [-0.1, -0.05) is 12.2 Å². The highest BCUT2D eigenvalue weighted by atomic mass is 32.1. The Bertz CT molecular complexity index is 402. The number of carbonyl (C=O) groups is 1. The van der Waals surface area contributed by atoms with Crippen molar-refractivity contribution >= 4 is 28.8 Å². The van der Waals surface area contributed by atoms with Gasteiger partial charge in [0.2, 0.25) is 5.91 Å². The van der Waals surface area contributed by atoms with Gasteiger partial charge in [0, 0.05) is 27.1 Å². The minimum absolute atomic E-state index is 0.0882. The number of hydrogen-bond acceptors (Lipinski definition) is 4. The standard InChI is InChI=1S/C11H16N4OS/c1-15(2)10(16)5-6-13-8-3-4-9(11(12)17)14-7-8/h3-4,7,13H,5-6H2,1-2H3,(H2,12,17). The number of carbonyl (C=O) groups excluding carboxylic acids is 1. The first-order chi connectivity index (χ1) is 8.00. The summed E-state index contributed by atoms with van der Waals surface area (Å²) in [5, 5.41) is 3.10. The fraction of sp³-hybridized carbons (Fsp3) is 0.364. The van der Waals surface area contributed by atoms with E-state index in [1.54, 1.807) is 31.3 Å². The molecule has 0 radical (unpaired) electrons. The number of aromatic nitrogens is 1. The summed E-state index contributed by atoms with van der Waals surface area (Å²) in [4.78, 5) is 17.2. The van der Waals surface area contributed by atoms with E-state index in [-0.39, 0.29) is 10.9 Å². The van der Waals surface area contributed by atoms with E-state index in [0.29, 0.717) is 18.7 Å². The molecule has 0 aromatic carbocycles. The van der Waals surface area contributed by atoms with Gasteiger partial charge in [-0.25, -0.2) is 0 Å². The molecule has 3 N–H and O–H groups in total. The average molecular weight is 252 g/mol. The second kappa shape index (κ2) is 6.15. The Labute approximate surface area is 106 Å². The van der Waals surface area contributed by atoms with Crippen molar-refractivity contribution in [3.8, 4) is 0 Å². The van der Waals surface area contributed by atoms with Crippen molar-refractivity contribution in [2.24, 2.45) is 5.73 Å². The molecule has 1 aromatic heterocycles. The van der Waals surface area contributed by atoms with Gasteiger partial charge in [-0.15, -0.1) is 0 Å². The number of amides is 1. The van der Waals surface area contributed by atoms with Crippen molar-refractivity contribution in [1.82, 2.24) is 9.88 Å². The number of pyridine rings is 1. The van der Waals surface area contributed by atoms with Crippen LogP contribution in [-0.2, 0) is 4.79 Å². The first-order valence-electron chi connectivity index (χ1n) is 5.20. The van der Waals surface area contributed by atoms with E-state index >= 15 is 0 Å². The number of thiocarbonyl (C=S) groups is 1. The maximum Gasteiger partial charge on any atom is 0.223 e. The number of nitrogens with zero attached hydrogens (tertiary/aromatic N) is 2. The lowest BCUT2D eigenvalue weighted by atomic mass is 10.3. The number of nitrogens with one attached hydrogen (secondary N) is 1. The van der Waals surface area contributed by atoms with Gasteiger partial charge in [0.1, 0.15) is 4.99 Å². The molecule has 1 aromatic rings. The van der Waals surface area contributed by atoms with Crippen molar-refractivity contribution < 1.29 is 4.79 Å². The van der Waals surface area contributed by atoms with Crippen molar-refractivity contribution in [3.05, 3.63) is 24.0 Å². The molecule has 1 heterocycles. The second-order valence-corrected chi connectivity index (χ2v) is 4.20. The Hall–Kier alpha value is -1.69. The zero-order valence-corrected chi connectivity index (χ0v) is 10.8. The Morgan fingerprint density at radius 3 is 2.71 bits per heavy atom. The third-order valence-corrected chi connectivity index (χ3v) is 2.39. The topological polar surface area (TPSA) is 71.2 Å². The Kier molecular flexibility index (Phi) is 4.84. The summed E-state index contributed by atoms with van der Waals surface area (Å²) in [5.41, 5.74) is 6.87. The van der Waals surface area contributed by atoms with Crippen LogP contribution in [-0.4, -0.2) is 41.4 Å². The highest BCUT2D eigenvalue weighted by molar-refractivity contribution is 7.80. The molecule has 5 nitrogen and oxygen atoms in total. The molecule has 0 aliphatic rings. The summed E-state index contributed by atoms with van der Waals surface area (Å²) in [6.07, 6.45) is 2.10. The zero-order valence-electron chi connectivity index (χ0n) is 9.93. The lowest BCUT2D eigenvalue weighted by molar-refractivity contribution is -0.128. The number of rotatable bonds is 5. The van der Waals surface area contributed by atoms with E-state index in [2.05, 4.69) is 10.3 Å². The van der Waals surface area contributed by atoms with Crippen LogP contribution in [0.2, 0.25) is 0 Å². The third-order valence-electron chi connectivity index (χ3n) is 2.18. The lowest BCUT2D eigenvalue weighted by Crippen LogP contribution is -2.23. The molecule has 0 spiro atoms. The van der Waals surface area contributed by atoms with Crippen molar-refractivity contribution in [1.29, 1.82) is 0 Å². The van der Waals surface area contributed by atoms with E-state index in [4.69, 9.17) is 18.0 Å². The van der Waals surface area contributed by atoms with Crippen LogP contribution in [0, 0.1) is 0 Å². The number of anilines is 1. The molecule has 17 heavy (non-hydrogen) atoms. The molecule has 1 rings (SSSR count). The molecular formula is C11H16N4OS. The predicted molar refractivity (Wildman–Crippen MR) is 71.9 cm³/mol. The van der Waals surface area contributed by atoms with Gasteiger partial charge >= 0.3 is 0 Å². The molecular weight excluding hydrogens is 236 g/mol. The zero-order chi connectivity index (χ0) is 12.8. The quantitative estimate of drug-likeness (QED) is 0.751. The minimum Gasteiger partial charge on any atom is -0.388 e. The molecule has 0 unspecified atom stereocenters. The summed E-state index contributed by atoms with van der Waals surface area (Å²) >= 11 is 4.80. The van der Waals surface area contributed by atoms with Crippen molar-refractivity contribution in [3.63, 3.8) is 0 Å². The molecule has 0 atom stereocenters. The largest absolute Gasteiger partial charge is 0.388 e. The Morgan fingerprint density at radius 2 is 2.24 bits per heavy atom. The predicted octanol–water partition coefficient (Wildman–Crippen LogP) is 0.606. The fourth-order valence-electron chi connectivity index (χ4n) is 1.18. The van der Waals surface area contributed by atoms with Crippen LogP contribution < -0.4 is 11.1 Å². The van der Waals surface area contributed by atoms with Gasteiger partial charge in [0.25, 0.3) is 0 Å². The van der Waals surface area contributed by atoms with Gasteiger partial charge in [0.05, 0.1) is 17.6 Å². The minimum atomic E-state index is 0.0882. The maximum atomic E-state index is 11.3. The molecule has 6 heteroatoms. The van der Waals surface area contributed by atoms with Gasteiger partial charge in [-0.05, 0) is 12.1 Å². The smallest absolute Gasteiger partial charge is 0.223 e. The summed E-state index contributed by atoms with van der Waals surface area (Å²) in [6, 6.07) is 3.58. The van der Waals surface area contributed by atoms with Crippen LogP contribution in [0.4, 0.5) is 5.69 Å². The third kappa shape index (κ3) is 4.36. The average Bonchev–Trinajstić information content (AvgIpc) is 2.29. The van der Waals surface area contributed by atoms with E-state index in [1.807, 2.05) is 6.07 Å². The second-order valence-electron chi connectivity index (χ2n) is 3.76.